The van der Waals surface area contributed by atoms with E-state index in [-0.39, 0.29) is 29.9 Å². The highest BCUT2D eigenvalue weighted by molar-refractivity contribution is 6.13. The summed E-state index contributed by atoms with van der Waals surface area (Å²) in [4.78, 5) is 36.5. The Kier molecular flexibility index (Phi) is 3.47. The van der Waals surface area contributed by atoms with E-state index in [1.54, 1.807) is 20.8 Å². The molecule has 0 aromatic carbocycles. The van der Waals surface area contributed by atoms with Gasteiger partial charge in [-0.25, -0.2) is 0 Å². The summed E-state index contributed by atoms with van der Waals surface area (Å²) in [6.07, 6.45) is 4.40. The van der Waals surface area contributed by atoms with Crippen molar-refractivity contribution in [2.24, 2.45) is 5.41 Å². The molecule has 104 valence electrons. The van der Waals surface area contributed by atoms with Gasteiger partial charge in [0, 0.05) is 12.2 Å². The first-order valence-corrected chi connectivity index (χ1v) is 6.57. The van der Waals surface area contributed by atoms with Crippen LogP contribution >= 0.6 is 0 Å². The highest BCUT2D eigenvalue weighted by Crippen LogP contribution is 2.30. The van der Waals surface area contributed by atoms with E-state index in [0.29, 0.717) is 12.8 Å². The van der Waals surface area contributed by atoms with Gasteiger partial charge in [-0.15, -0.1) is 0 Å². The van der Waals surface area contributed by atoms with Crippen LogP contribution in [0.3, 0.4) is 0 Å². The zero-order valence-corrected chi connectivity index (χ0v) is 11.5. The van der Waals surface area contributed by atoms with E-state index in [0.717, 1.165) is 6.42 Å². The van der Waals surface area contributed by atoms with Crippen LogP contribution in [0, 0.1) is 5.41 Å². The van der Waals surface area contributed by atoms with Gasteiger partial charge in [0.2, 0.25) is 0 Å². The average Bonchev–Trinajstić information content (AvgIpc) is 2.85. The maximum atomic E-state index is 11.9. The summed E-state index contributed by atoms with van der Waals surface area (Å²) in [6.45, 7) is 5.35. The maximum absolute atomic E-state index is 11.9. The first-order chi connectivity index (χ1) is 8.80. The molecule has 2 amide bonds. The van der Waals surface area contributed by atoms with Crippen LogP contribution in [0.4, 0.5) is 0 Å². The number of hydrogen-bond acceptors (Lipinski definition) is 4. The first-order valence-electron chi connectivity index (χ1n) is 6.57. The summed E-state index contributed by atoms with van der Waals surface area (Å²) < 4.78 is 5.48. The number of imide groups is 1. The smallest absolute Gasteiger partial charge is 0.311 e. The molecule has 0 bridgehead atoms. The van der Waals surface area contributed by atoms with E-state index in [9.17, 15) is 14.4 Å². The zero-order valence-electron chi connectivity index (χ0n) is 11.5. The lowest BCUT2D eigenvalue weighted by molar-refractivity contribution is -0.163. The quantitative estimate of drug-likeness (QED) is 0.559. The molecular weight excluding hydrogens is 246 g/mol. The van der Waals surface area contributed by atoms with Gasteiger partial charge in [-0.2, -0.15) is 0 Å². The van der Waals surface area contributed by atoms with Gasteiger partial charge in [0.25, 0.3) is 11.8 Å². The molecule has 0 radical (unpaired) electrons. The Bertz CT molecular complexity index is 429. The minimum Gasteiger partial charge on any atom is -0.460 e. The van der Waals surface area contributed by atoms with Gasteiger partial charge in [0.1, 0.15) is 6.10 Å². The molecule has 1 fully saturated rings. The highest BCUT2D eigenvalue weighted by Gasteiger charge is 2.42. The molecule has 5 nitrogen and oxygen atoms in total. The van der Waals surface area contributed by atoms with E-state index in [4.69, 9.17) is 4.74 Å². The molecule has 1 saturated carbocycles. The van der Waals surface area contributed by atoms with Crippen LogP contribution in [-0.4, -0.2) is 34.8 Å². The fourth-order valence-electron chi connectivity index (χ4n) is 2.39. The number of esters is 1. The number of hydrogen-bond donors (Lipinski definition) is 0. The molecule has 0 spiro atoms. The van der Waals surface area contributed by atoms with Crippen LogP contribution in [0.25, 0.3) is 0 Å². The molecule has 5 heteroatoms. The van der Waals surface area contributed by atoms with Gasteiger partial charge in [-0.05, 0) is 40.0 Å². The van der Waals surface area contributed by atoms with Crippen molar-refractivity contribution in [1.82, 2.24) is 4.90 Å². The lowest BCUT2D eigenvalue weighted by atomic mass is 9.97. The van der Waals surface area contributed by atoms with E-state index in [1.165, 1.54) is 17.1 Å². The molecule has 0 aromatic rings. The van der Waals surface area contributed by atoms with Gasteiger partial charge >= 0.3 is 5.97 Å². The number of carbonyl (C=O) groups excluding carboxylic acids is 3. The lowest BCUT2D eigenvalue weighted by Crippen LogP contribution is -2.46. The van der Waals surface area contributed by atoms with Crippen molar-refractivity contribution in [3.8, 4) is 0 Å². The van der Waals surface area contributed by atoms with Crippen LogP contribution in [0.5, 0.6) is 0 Å². The van der Waals surface area contributed by atoms with Gasteiger partial charge < -0.3 is 4.74 Å². The predicted octanol–water partition coefficient (Wildman–Crippen LogP) is 1.42. The Morgan fingerprint density at radius 2 is 1.79 bits per heavy atom. The molecule has 19 heavy (non-hydrogen) atoms. The van der Waals surface area contributed by atoms with Gasteiger partial charge in [0.15, 0.2) is 0 Å². The molecule has 1 heterocycles. The number of ether oxygens (including phenoxy) is 1. The van der Waals surface area contributed by atoms with Crippen LogP contribution in [0.2, 0.25) is 0 Å². The van der Waals surface area contributed by atoms with Crippen molar-refractivity contribution in [1.29, 1.82) is 0 Å². The third-order valence-electron chi connectivity index (χ3n) is 3.46. The molecule has 0 N–H and O–H groups in total. The van der Waals surface area contributed by atoms with Crippen molar-refractivity contribution in [3.05, 3.63) is 12.2 Å². The fourth-order valence-corrected chi connectivity index (χ4v) is 2.39. The second kappa shape index (κ2) is 4.79. The maximum Gasteiger partial charge on any atom is 0.311 e. The summed E-state index contributed by atoms with van der Waals surface area (Å²) in [5, 5.41) is 0. The molecule has 2 rings (SSSR count). The molecule has 0 saturated heterocycles. The van der Waals surface area contributed by atoms with Crippen molar-refractivity contribution >= 4 is 17.8 Å². The monoisotopic (exact) mass is 265 g/mol. The Morgan fingerprint density at radius 3 is 2.32 bits per heavy atom. The topological polar surface area (TPSA) is 63.7 Å². The molecule has 0 aromatic heterocycles. The first kappa shape index (κ1) is 13.8. The Hall–Kier alpha value is -1.65. The minimum absolute atomic E-state index is 0.295. The molecular formula is C14H19NO4. The normalized spacial score (nSPS) is 27.2. The van der Waals surface area contributed by atoms with Crippen LogP contribution in [-0.2, 0) is 19.1 Å². The Balaban J connectivity index is 2.08. The summed E-state index contributed by atoms with van der Waals surface area (Å²) in [5.41, 5.74) is -0.579. The molecule has 1 aliphatic carbocycles. The summed E-state index contributed by atoms with van der Waals surface area (Å²) in [6, 6.07) is -0.318. The Labute approximate surface area is 112 Å². The summed E-state index contributed by atoms with van der Waals surface area (Å²) in [7, 11) is 0. The van der Waals surface area contributed by atoms with Crippen LogP contribution in [0.15, 0.2) is 12.2 Å². The van der Waals surface area contributed by atoms with Gasteiger partial charge in [-0.3, -0.25) is 19.3 Å². The van der Waals surface area contributed by atoms with Crippen molar-refractivity contribution in [2.75, 3.05) is 0 Å². The second-order valence-corrected chi connectivity index (χ2v) is 6.07. The van der Waals surface area contributed by atoms with Gasteiger partial charge in [-0.1, -0.05) is 0 Å². The molecule has 2 aliphatic rings. The van der Waals surface area contributed by atoms with E-state index in [2.05, 4.69) is 0 Å². The SMILES string of the molecule is CC(C)(C)C(=O)O[C@H]1CCC[C@@H]1N1C(=O)C=CC1=O. The molecule has 0 unspecified atom stereocenters. The molecule has 2 atom stereocenters. The van der Waals surface area contributed by atoms with E-state index >= 15 is 0 Å². The van der Waals surface area contributed by atoms with Crippen LogP contribution in [0.1, 0.15) is 40.0 Å². The lowest BCUT2D eigenvalue weighted by Gasteiger charge is -2.29. The minimum atomic E-state index is -0.579. The largest absolute Gasteiger partial charge is 0.460 e. The zero-order chi connectivity index (χ0) is 14.2. The van der Waals surface area contributed by atoms with E-state index in [1.807, 2.05) is 0 Å². The Morgan fingerprint density at radius 1 is 1.21 bits per heavy atom. The predicted molar refractivity (Wildman–Crippen MR) is 68.0 cm³/mol. The fraction of sp³-hybridized carbons (Fsp3) is 0.643. The van der Waals surface area contributed by atoms with Crippen molar-refractivity contribution in [2.45, 2.75) is 52.2 Å². The molecule has 1 aliphatic heterocycles. The number of amides is 2. The third-order valence-corrected chi connectivity index (χ3v) is 3.46. The number of carbonyl (C=O) groups is 3. The van der Waals surface area contributed by atoms with Crippen molar-refractivity contribution in [3.63, 3.8) is 0 Å². The van der Waals surface area contributed by atoms with E-state index < -0.39 is 5.41 Å². The third kappa shape index (κ3) is 2.69. The van der Waals surface area contributed by atoms with Crippen molar-refractivity contribution < 1.29 is 19.1 Å². The number of rotatable bonds is 2. The number of nitrogens with zero attached hydrogens (tertiary/aromatic N) is 1. The summed E-state index contributed by atoms with van der Waals surface area (Å²) in [5.74, 6) is -0.918. The van der Waals surface area contributed by atoms with Crippen LogP contribution < -0.4 is 0 Å². The second-order valence-electron chi connectivity index (χ2n) is 6.07. The average molecular weight is 265 g/mol. The highest BCUT2D eigenvalue weighted by atomic mass is 16.5. The van der Waals surface area contributed by atoms with Gasteiger partial charge in [0.05, 0.1) is 11.5 Å². The standard InChI is InChI=1S/C14H19NO4/c1-14(2,3)13(18)19-10-6-4-5-9(10)15-11(16)7-8-12(15)17/h7-10H,4-6H2,1-3H3/t9-,10-/m0/s1. The summed E-state index contributed by atoms with van der Waals surface area (Å²) >= 11 is 0.